The molecule has 134 valence electrons. The molecule has 1 fully saturated rings. The number of nitrogens with zero attached hydrogens (tertiary/aromatic N) is 1. The molecule has 1 aliphatic rings. The van der Waals surface area contributed by atoms with Gasteiger partial charge in [0.2, 0.25) is 0 Å². The first-order valence-electron chi connectivity index (χ1n) is 7.10. The number of benzene rings is 1. The average Bonchev–Trinajstić information content (AvgIpc) is 2.88. The molecule has 0 radical (unpaired) electrons. The van der Waals surface area contributed by atoms with Gasteiger partial charge in [0, 0.05) is 6.07 Å². The number of thioether (sulfide) groups is 1. The van der Waals surface area contributed by atoms with E-state index in [-0.39, 0.29) is 4.91 Å². The molecule has 0 aromatic heterocycles. The Morgan fingerprint density at radius 3 is 2.36 bits per heavy atom. The van der Waals surface area contributed by atoms with E-state index in [0.717, 1.165) is 16.7 Å². The fourth-order valence-electron chi connectivity index (χ4n) is 2.21. The molecule has 2 amide bonds. The van der Waals surface area contributed by atoms with E-state index in [1.807, 2.05) is 0 Å². The molecule has 1 unspecified atom stereocenters. The van der Waals surface area contributed by atoms with Crippen LogP contribution in [-0.2, 0) is 14.3 Å². The third kappa shape index (κ3) is 3.74. The van der Waals surface area contributed by atoms with Gasteiger partial charge >= 0.3 is 5.97 Å². The first-order chi connectivity index (χ1) is 11.8. The lowest BCUT2D eigenvalue weighted by atomic mass is 10.1. The number of imide groups is 1. The number of rotatable bonds is 5. The molecule has 0 aliphatic carbocycles. The van der Waals surface area contributed by atoms with Crippen LogP contribution in [0.3, 0.4) is 0 Å². The molecule has 0 saturated carbocycles. The first-order valence-corrected chi connectivity index (χ1v) is 8.29. The maximum Gasteiger partial charge on any atom is 0.328 e. The number of ether oxygens (including phenoxy) is 3. The van der Waals surface area contributed by atoms with E-state index in [1.54, 1.807) is 12.1 Å². The zero-order chi connectivity index (χ0) is 18.7. The molecule has 0 spiro atoms. The van der Waals surface area contributed by atoms with E-state index in [2.05, 4.69) is 4.74 Å². The molecule has 1 atom stereocenters. The highest BCUT2D eigenvalue weighted by molar-refractivity contribution is 8.18. The van der Waals surface area contributed by atoms with Crippen LogP contribution in [-0.4, -0.2) is 49.4 Å². The van der Waals surface area contributed by atoms with Crippen molar-refractivity contribution in [2.24, 2.45) is 0 Å². The quantitative estimate of drug-likeness (QED) is 0.569. The molecule has 0 bridgehead atoms. The van der Waals surface area contributed by atoms with Crippen molar-refractivity contribution >= 4 is 46.6 Å². The van der Waals surface area contributed by atoms with Crippen LogP contribution in [0.1, 0.15) is 12.5 Å². The van der Waals surface area contributed by atoms with Crippen LogP contribution in [0.4, 0.5) is 4.79 Å². The van der Waals surface area contributed by atoms with Crippen molar-refractivity contribution in [2.75, 3.05) is 21.3 Å². The summed E-state index contributed by atoms with van der Waals surface area (Å²) in [5.74, 6) is -0.385. The topological polar surface area (TPSA) is 82.1 Å². The van der Waals surface area contributed by atoms with Crippen LogP contribution < -0.4 is 9.47 Å². The molecule has 7 nitrogen and oxygen atoms in total. The van der Waals surface area contributed by atoms with Gasteiger partial charge in [-0.1, -0.05) is 11.6 Å². The largest absolute Gasteiger partial charge is 0.493 e. The third-order valence-electron chi connectivity index (χ3n) is 3.54. The summed E-state index contributed by atoms with van der Waals surface area (Å²) >= 11 is 6.92. The van der Waals surface area contributed by atoms with Gasteiger partial charge in [0.05, 0.1) is 31.3 Å². The summed E-state index contributed by atoms with van der Waals surface area (Å²) in [5, 5.41) is -0.226. The van der Waals surface area contributed by atoms with Gasteiger partial charge < -0.3 is 14.2 Å². The average molecular weight is 386 g/mol. The molecule has 25 heavy (non-hydrogen) atoms. The summed E-state index contributed by atoms with van der Waals surface area (Å²) in [7, 11) is 4.14. The number of esters is 1. The Kier molecular flexibility index (Phi) is 5.97. The molecular weight excluding hydrogens is 370 g/mol. The van der Waals surface area contributed by atoms with Crippen LogP contribution >= 0.6 is 23.4 Å². The minimum Gasteiger partial charge on any atom is -0.493 e. The molecule has 9 heteroatoms. The van der Waals surface area contributed by atoms with E-state index >= 15 is 0 Å². The molecule has 1 aromatic carbocycles. The van der Waals surface area contributed by atoms with Gasteiger partial charge in [-0.05, 0) is 36.4 Å². The van der Waals surface area contributed by atoms with Crippen molar-refractivity contribution in [1.29, 1.82) is 0 Å². The number of hydrogen-bond donors (Lipinski definition) is 0. The molecule has 1 heterocycles. The van der Waals surface area contributed by atoms with Gasteiger partial charge in [-0.2, -0.15) is 0 Å². The zero-order valence-corrected chi connectivity index (χ0v) is 15.6. The summed E-state index contributed by atoms with van der Waals surface area (Å²) in [4.78, 5) is 37.2. The molecule has 0 N–H and O–H groups in total. The van der Waals surface area contributed by atoms with E-state index < -0.39 is 23.2 Å². The predicted molar refractivity (Wildman–Crippen MR) is 93.8 cm³/mol. The summed E-state index contributed by atoms with van der Waals surface area (Å²) in [6.45, 7) is 1.43. The molecule has 1 saturated heterocycles. The smallest absolute Gasteiger partial charge is 0.328 e. The zero-order valence-electron chi connectivity index (χ0n) is 14.0. The minimum atomic E-state index is -1.01. The SMILES string of the molecule is COC(=O)C(C)N1C(=O)SC(=Cc2cc(OC)c(OC)cc2Cl)C1=O. The Hall–Kier alpha value is -2.19. The fraction of sp³-hybridized carbons (Fsp3) is 0.312. The van der Waals surface area contributed by atoms with Gasteiger partial charge in [-0.25, -0.2) is 4.79 Å². The number of carbonyl (C=O) groups is 3. The van der Waals surface area contributed by atoms with Crippen LogP contribution in [0.25, 0.3) is 6.08 Å². The lowest BCUT2D eigenvalue weighted by Crippen LogP contribution is -2.42. The third-order valence-corrected chi connectivity index (χ3v) is 4.75. The van der Waals surface area contributed by atoms with Crippen molar-refractivity contribution in [3.05, 3.63) is 27.6 Å². The second kappa shape index (κ2) is 7.79. The number of hydrogen-bond acceptors (Lipinski definition) is 7. The van der Waals surface area contributed by atoms with Gasteiger partial charge in [0.15, 0.2) is 11.5 Å². The van der Waals surface area contributed by atoms with E-state index in [4.69, 9.17) is 21.1 Å². The number of amides is 2. The Bertz CT molecular complexity index is 763. The highest BCUT2D eigenvalue weighted by atomic mass is 35.5. The summed E-state index contributed by atoms with van der Waals surface area (Å²) in [5.41, 5.74) is 0.482. The predicted octanol–water partition coefficient (Wildman–Crippen LogP) is 2.96. The molecular formula is C16H16ClNO6S. The second-order valence-electron chi connectivity index (χ2n) is 4.98. The van der Waals surface area contributed by atoms with Crippen molar-refractivity contribution < 1.29 is 28.6 Å². The molecule has 1 aromatic rings. The Balaban J connectivity index is 2.38. The Morgan fingerprint density at radius 2 is 1.80 bits per heavy atom. The summed E-state index contributed by atoms with van der Waals surface area (Å²) in [6, 6.07) is 2.14. The number of halogens is 1. The monoisotopic (exact) mass is 385 g/mol. The van der Waals surface area contributed by atoms with Crippen LogP contribution in [0.5, 0.6) is 11.5 Å². The minimum absolute atomic E-state index is 0.148. The lowest BCUT2D eigenvalue weighted by Gasteiger charge is -2.18. The normalized spacial score (nSPS) is 17.0. The maximum absolute atomic E-state index is 12.5. The van der Waals surface area contributed by atoms with Crippen LogP contribution in [0.2, 0.25) is 5.02 Å². The van der Waals surface area contributed by atoms with E-state index in [9.17, 15) is 14.4 Å². The highest BCUT2D eigenvalue weighted by Crippen LogP contribution is 2.38. The number of methoxy groups -OCH3 is 3. The van der Waals surface area contributed by atoms with E-state index in [0.29, 0.717) is 22.1 Å². The van der Waals surface area contributed by atoms with Gasteiger partial charge in [0.25, 0.3) is 11.1 Å². The second-order valence-corrected chi connectivity index (χ2v) is 6.38. The van der Waals surface area contributed by atoms with Crippen LogP contribution in [0, 0.1) is 0 Å². The van der Waals surface area contributed by atoms with Crippen LogP contribution in [0.15, 0.2) is 17.0 Å². The van der Waals surface area contributed by atoms with Gasteiger partial charge in [0.1, 0.15) is 6.04 Å². The lowest BCUT2D eigenvalue weighted by molar-refractivity contribution is -0.148. The molecule has 1 aliphatic heterocycles. The van der Waals surface area contributed by atoms with Crippen molar-refractivity contribution in [3.8, 4) is 11.5 Å². The first kappa shape index (κ1) is 19.1. The Labute approximate surface area is 153 Å². The van der Waals surface area contributed by atoms with Gasteiger partial charge in [-0.3, -0.25) is 14.5 Å². The maximum atomic E-state index is 12.5. The molecule has 2 rings (SSSR count). The van der Waals surface area contributed by atoms with Crippen molar-refractivity contribution in [1.82, 2.24) is 4.90 Å². The van der Waals surface area contributed by atoms with Crippen molar-refractivity contribution in [2.45, 2.75) is 13.0 Å². The van der Waals surface area contributed by atoms with Crippen molar-refractivity contribution in [3.63, 3.8) is 0 Å². The standard InChI is InChI=1S/C16H16ClNO6S/c1-8(15(20)24-4)18-14(19)13(25-16(18)21)6-9-5-11(22-2)12(23-3)7-10(9)17/h5-8H,1-4H3. The Morgan fingerprint density at radius 1 is 1.20 bits per heavy atom. The van der Waals surface area contributed by atoms with Gasteiger partial charge in [-0.15, -0.1) is 0 Å². The summed E-state index contributed by atoms with van der Waals surface area (Å²) < 4.78 is 14.9. The fourth-order valence-corrected chi connectivity index (χ4v) is 3.32. The van der Waals surface area contributed by atoms with E-state index in [1.165, 1.54) is 34.3 Å². The summed E-state index contributed by atoms with van der Waals surface area (Å²) in [6.07, 6.45) is 1.47. The highest BCUT2D eigenvalue weighted by Gasteiger charge is 2.41. The number of carbonyl (C=O) groups excluding carboxylic acids is 3.